The molecule has 0 spiro atoms. The van der Waals surface area contributed by atoms with E-state index >= 15 is 0 Å². The van der Waals surface area contributed by atoms with Crippen LogP contribution in [0, 0.1) is 5.92 Å². The zero-order valence-electron chi connectivity index (χ0n) is 12.1. The Morgan fingerprint density at radius 3 is 2.57 bits per heavy atom. The Morgan fingerprint density at radius 2 is 2.00 bits per heavy atom. The van der Waals surface area contributed by atoms with Gasteiger partial charge in [0.15, 0.2) is 0 Å². The van der Waals surface area contributed by atoms with Crippen LogP contribution in [0.5, 0.6) is 0 Å². The molecule has 0 radical (unpaired) electrons. The number of alkyl halides is 3. The van der Waals surface area contributed by atoms with Crippen molar-refractivity contribution in [1.82, 2.24) is 4.90 Å². The summed E-state index contributed by atoms with van der Waals surface area (Å²) >= 11 is 0. The van der Waals surface area contributed by atoms with E-state index in [4.69, 9.17) is 5.73 Å². The lowest BCUT2D eigenvalue weighted by Gasteiger charge is -2.36. The van der Waals surface area contributed by atoms with Crippen molar-refractivity contribution in [2.24, 2.45) is 5.92 Å². The highest BCUT2D eigenvalue weighted by Crippen LogP contribution is 2.36. The highest BCUT2D eigenvalue weighted by Gasteiger charge is 2.36. The molecule has 3 nitrogen and oxygen atoms in total. The lowest BCUT2D eigenvalue weighted by atomic mass is 9.92. The van der Waals surface area contributed by atoms with Crippen LogP contribution in [0.4, 0.5) is 18.9 Å². The number of nitrogens with two attached hydrogens (primary N) is 1. The van der Waals surface area contributed by atoms with Crippen LogP contribution in [-0.2, 0) is 6.18 Å². The average molecular weight is 300 g/mol. The van der Waals surface area contributed by atoms with Crippen molar-refractivity contribution in [3.8, 4) is 0 Å². The van der Waals surface area contributed by atoms with E-state index in [0.717, 1.165) is 18.9 Å². The standard InChI is InChI=1S/C15H19F3N2O/c1-9-6-7-20(10(2)8-9)14(21)11-4-3-5-12(13(11)19)15(16,17)18/h3-5,9-10H,6-8,19H2,1-2H3. The minimum absolute atomic E-state index is 0.00944. The number of hydrogen-bond donors (Lipinski definition) is 1. The molecular formula is C15H19F3N2O. The van der Waals surface area contributed by atoms with Crippen LogP contribution in [-0.4, -0.2) is 23.4 Å². The highest BCUT2D eigenvalue weighted by atomic mass is 19.4. The third kappa shape index (κ3) is 3.14. The molecule has 0 bridgehead atoms. The Kier molecular flexibility index (Phi) is 4.16. The molecule has 1 amide bonds. The molecule has 0 saturated carbocycles. The van der Waals surface area contributed by atoms with Gasteiger partial charge in [0, 0.05) is 12.6 Å². The molecule has 2 atom stereocenters. The normalized spacial score (nSPS) is 23.2. The van der Waals surface area contributed by atoms with Crippen molar-refractivity contribution in [3.05, 3.63) is 29.3 Å². The van der Waals surface area contributed by atoms with E-state index < -0.39 is 23.3 Å². The fourth-order valence-corrected chi connectivity index (χ4v) is 2.86. The van der Waals surface area contributed by atoms with Gasteiger partial charge in [-0.25, -0.2) is 0 Å². The predicted molar refractivity (Wildman–Crippen MR) is 74.8 cm³/mol. The summed E-state index contributed by atoms with van der Waals surface area (Å²) in [5.41, 5.74) is 4.08. The third-order valence-corrected chi connectivity index (χ3v) is 4.04. The van der Waals surface area contributed by atoms with Gasteiger partial charge in [-0.3, -0.25) is 4.79 Å². The predicted octanol–water partition coefficient (Wildman–Crippen LogP) is 3.55. The molecule has 1 aromatic carbocycles. The van der Waals surface area contributed by atoms with Gasteiger partial charge in [-0.2, -0.15) is 13.2 Å². The van der Waals surface area contributed by atoms with E-state index in [0.29, 0.717) is 12.5 Å². The number of nitrogens with zero attached hydrogens (tertiary/aromatic N) is 1. The summed E-state index contributed by atoms with van der Waals surface area (Å²) in [4.78, 5) is 14.1. The number of carbonyl (C=O) groups excluding carboxylic acids is 1. The van der Waals surface area contributed by atoms with Crippen LogP contribution in [0.15, 0.2) is 18.2 Å². The third-order valence-electron chi connectivity index (χ3n) is 4.04. The molecule has 0 aromatic heterocycles. The van der Waals surface area contributed by atoms with Crippen molar-refractivity contribution < 1.29 is 18.0 Å². The van der Waals surface area contributed by atoms with Gasteiger partial charge >= 0.3 is 6.18 Å². The summed E-state index contributed by atoms with van der Waals surface area (Å²) in [5.74, 6) is 0.0981. The Hall–Kier alpha value is -1.72. The number of anilines is 1. The van der Waals surface area contributed by atoms with E-state index in [1.165, 1.54) is 12.1 Å². The molecule has 1 saturated heterocycles. The lowest BCUT2D eigenvalue weighted by Crippen LogP contribution is -2.44. The molecule has 1 fully saturated rings. The average Bonchev–Trinajstić information content (AvgIpc) is 2.37. The fourth-order valence-electron chi connectivity index (χ4n) is 2.86. The maximum absolute atomic E-state index is 12.9. The van der Waals surface area contributed by atoms with Gasteiger partial charge in [0.05, 0.1) is 16.8 Å². The minimum Gasteiger partial charge on any atom is -0.398 e. The van der Waals surface area contributed by atoms with Gasteiger partial charge in [0.25, 0.3) is 5.91 Å². The number of halogens is 3. The van der Waals surface area contributed by atoms with Crippen LogP contribution in [0.2, 0.25) is 0 Å². The van der Waals surface area contributed by atoms with Crippen molar-refractivity contribution in [2.75, 3.05) is 12.3 Å². The molecule has 2 rings (SSSR count). The van der Waals surface area contributed by atoms with Gasteiger partial charge in [-0.05, 0) is 37.8 Å². The molecule has 2 unspecified atom stereocenters. The van der Waals surface area contributed by atoms with Crippen LogP contribution < -0.4 is 5.73 Å². The number of nitrogen functional groups attached to an aromatic ring is 1. The molecule has 1 heterocycles. The quantitative estimate of drug-likeness (QED) is 0.806. The number of hydrogen-bond acceptors (Lipinski definition) is 2. The highest BCUT2D eigenvalue weighted by molar-refractivity contribution is 6.00. The second-order valence-electron chi connectivity index (χ2n) is 5.74. The van der Waals surface area contributed by atoms with Crippen molar-refractivity contribution in [2.45, 2.75) is 38.9 Å². The van der Waals surface area contributed by atoms with E-state index in [1.807, 2.05) is 6.92 Å². The number of piperidine rings is 1. The molecule has 1 aliphatic rings. The number of amides is 1. The summed E-state index contributed by atoms with van der Waals surface area (Å²) < 4.78 is 38.6. The van der Waals surface area contributed by atoms with Gasteiger partial charge in [-0.15, -0.1) is 0 Å². The van der Waals surface area contributed by atoms with Gasteiger partial charge < -0.3 is 10.6 Å². The first-order valence-corrected chi connectivity index (χ1v) is 6.98. The Bertz CT molecular complexity index is 542. The number of benzene rings is 1. The second kappa shape index (κ2) is 5.58. The molecule has 0 aliphatic carbocycles. The smallest absolute Gasteiger partial charge is 0.398 e. The monoisotopic (exact) mass is 300 g/mol. The molecular weight excluding hydrogens is 281 g/mol. The van der Waals surface area contributed by atoms with Gasteiger partial charge in [0.1, 0.15) is 0 Å². The lowest BCUT2D eigenvalue weighted by molar-refractivity contribution is -0.136. The van der Waals surface area contributed by atoms with Crippen LogP contribution in [0.25, 0.3) is 0 Å². The number of likely N-dealkylation sites (tertiary alicyclic amines) is 1. The minimum atomic E-state index is -4.55. The molecule has 2 N–H and O–H groups in total. The van der Waals surface area contributed by atoms with Crippen LogP contribution in [0.1, 0.15) is 42.6 Å². The SMILES string of the molecule is CC1CCN(C(=O)c2cccc(C(F)(F)F)c2N)C(C)C1. The van der Waals surface area contributed by atoms with E-state index in [2.05, 4.69) is 6.92 Å². The topological polar surface area (TPSA) is 46.3 Å². The van der Waals surface area contributed by atoms with E-state index in [1.54, 1.807) is 4.90 Å². The summed E-state index contributed by atoms with van der Waals surface area (Å²) in [5, 5.41) is 0. The largest absolute Gasteiger partial charge is 0.418 e. The number of para-hydroxylation sites is 1. The maximum atomic E-state index is 12.9. The molecule has 1 aromatic rings. The van der Waals surface area contributed by atoms with Gasteiger partial charge in [-0.1, -0.05) is 13.0 Å². The van der Waals surface area contributed by atoms with Crippen LogP contribution in [0.3, 0.4) is 0 Å². The summed E-state index contributed by atoms with van der Waals surface area (Å²) in [6.07, 6.45) is -2.85. The van der Waals surface area contributed by atoms with Crippen molar-refractivity contribution >= 4 is 11.6 Å². The Balaban J connectivity index is 2.32. The zero-order valence-corrected chi connectivity index (χ0v) is 12.1. The molecule has 1 aliphatic heterocycles. The fraction of sp³-hybridized carbons (Fsp3) is 0.533. The molecule has 21 heavy (non-hydrogen) atoms. The second-order valence-corrected chi connectivity index (χ2v) is 5.74. The van der Waals surface area contributed by atoms with E-state index in [9.17, 15) is 18.0 Å². The Morgan fingerprint density at radius 1 is 1.33 bits per heavy atom. The first kappa shape index (κ1) is 15.7. The number of carbonyl (C=O) groups is 1. The molecule has 6 heteroatoms. The van der Waals surface area contributed by atoms with Gasteiger partial charge in [0.2, 0.25) is 0 Å². The van der Waals surface area contributed by atoms with Crippen LogP contribution >= 0.6 is 0 Å². The Labute approximate surface area is 121 Å². The van der Waals surface area contributed by atoms with Crippen molar-refractivity contribution in [1.29, 1.82) is 0 Å². The first-order chi connectivity index (χ1) is 9.71. The summed E-state index contributed by atoms with van der Waals surface area (Å²) in [6.45, 7) is 4.57. The maximum Gasteiger partial charge on any atom is 0.418 e. The summed E-state index contributed by atoms with van der Waals surface area (Å²) in [7, 11) is 0. The summed E-state index contributed by atoms with van der Waals surface area (Å²) in [6, 6.07) is 3.49. The molecule has 116 valence electrons. The van der Waals surface area contributed by atoms with E-state index in [-0.39, 0.29) is 11.6 Å². The number of rotatable bonds is 1. The zero-order chi connectivity index (χ0) is 15.8. The van der Waals surface area contributed by atoms with Crippen molar-refractivity contribution in [3.63, 3.8) is 0 Å². The first-order valence-electron chi connectivity index (χ1n) is 6.98.